The van der Waals surface area contributed by atoms with Gasteiger partial charge in [-0.05, 0) is 56.0 Å². The fourth-order valence-electron chi connectivity index (χ4n) is 2.36. The Morgan fingerprint density at radius 3 is 2.77 bits per heavy atom. The summed E-state index contributed by atoms with van der Waals surface area (Å²) in [4.78, 5) is 6.96. The van der Waals surface area contributed by atoms with Gasteiger partial charge in [-0.2, -0.15) is 5.10 Å². The van der Waals surface area contributed by atoms with E-state index in [2.05, 4.69) is 33.9 Å². The first-order chi connectivity index (χ1) is 12.6. The van der Waals surface area contributed by atoms with Crippen LogP contribution in [0.25, 0.3) is 10.6 Å². The van der Waals surface area contributed by atoms with Crippen molar-refractivity contribution in [1.82, 2.24) is 4.98 Å². The fourth-order valence-corrected chi connectivity index (χ4v) is 3.98. The van der Waals surface area contributed by atoms with E-state index in [4.69, 9.17) is 9.47 Å². The zero-order chi connectivity index (χ0) is 18.5. The second-order valence-corrected chi connectivity index (χ2v) is 8.00. The van der Waals surface area contributed by atoms with Crippen LogP contribution in [0.5, 0.6) is 11.5 Å². The van der Waals surface area contributed by atoms with E-state index in [9.17, 15) is 0 Å². The molecule has 0 radical (unpaired) electrons. The molecule has 0 bridgehead atoms. The lowest BCUT2D eigenvalue weighted by Gasteiger charge is -2.13. The van der Waals surface area contributed by atoms with Gasteiger partial charge in [0.2, 0.25) is 5.13 Å². The highest BCUT2D eigenvalue weighted by Gasteiger charge is 2.10. The van der Waals surface area contributed by atoms with Gasteiger partial charge in [-0.25, -0.2) is 4.98 Å². The summed E-state index contributed by atoms with van der Waals surface area (Å²) in [6.07, 6.45) is 1.83. The number of methoxy groups -OCH3 is 1. The average molecular weight is 388 g/mol. The Morgan fingerprint density at radius 1 is 1.23 bits per heavy atom. The summed E-state index contributed by atoms with van der Waals surface area (Å²) in [5, 5.41) is 7.12. The van der Waals surface area contributed by atoms with Crippen LogP contribution < -0.4 is 14.9 Å². The van der Waals surface area contributed by atoms with Gasteiger partial charge in [0.05, 0.1) is 30.0 Å². The van der Waals surface area contributed by atoms with Gasteiger partial charge >= 0.3 is 0 Å². The largest absolute Gasteiger partial charge is 0.493 e. The molecule has 0 unspecified atom stereocenters. The first-order valence-electron chi connectivity index (χ1n) is 8.22. The molecule has 0 aliphatic rings. The molecule has 0 atom stereocenters. The van der Waals surface area contributed by atoms with Crippen LogP contribution in [0.1, 0.15) is 24.3 Å². The molecule has 1 aromatic carbocycles. The monoisotopic (exact) mass is 387 g/mol. The van der Waals surface area contributed by atoms with E-state index in [1.54, 1.807) is 36.0 Å². The van der Waals surface area contributed by atoms with Crippen molar-refractivity contribution in [3.05, 3.63) is 46.2 Å². The lowest BCUT2D eigenvalue weighted by atomic mass is 10.2. The summed E-state index contributed by atoms with van der Waals surface area (Å²) in [5.41, 5.74) is 4.94. The number of hydrazone groups is 1. The number of ether oxygens (including phenoxy) is 2. The quantitative estimate of drug-likeness (QED) is 0.434. The van der Waals surface area contributed by atoms with E-state index in [1.165, 1.54) is 9.75 Å². The standard InChI is InChI=1S/C19H21N3O2S2/c1-12(2)24-15-8-7-14(10-16(15)23-4)11-20-22-19-21-18(13(3)26-19)17-6-5-9-25-17/h5-12H,1-4H3,(H,21,22)/b20-11-. The van der Waals surface area contributed by atoms with Gasteiger partial charge in [0.15, 0.2) is 11.5 Å². The van der Waals surface area contributed by atoms with Crippen LogP contribution in [0.2, 0.25) is 0 Å². The first kappa shape index (κ1) is 18.4. The van der Waals surface area contributed by atoms with Crippen molar-refractivity contribution >= 4 is 34.0 Å². The Bertz CT molecular complexity index is 886. The number of benzene rings is 1. The summed E-state index contributed by atoms with van der Waals surface area (Å²) in [6, 6.07) is 9.84. The smallest absolute Gasteiger partial charge is 0.204 e. The Balaban J connectivity index is 1.70. The van der Waals surface area contributed by atoms with Gasteiger partial charge in [0, 0.05) is 4.88 Å². The highest BCUT2D eigenvalue weighted by Crippen LogP contribution is 2.33. The van der Waals surface area contributed by atoms with Crippen molar-refractivity contribution in [3.8, 4) is 22.1 Å². The molecule has 0 aliphatic carbocycles. The molecule has 7 heteroatoms. The number of nitrogens with one attached hydrogen (secondary N) is 1. The molecule has 2 heterocycles. The number of thiazole rings is 1. The van der Waals surface area contributed by atoms with E-state index >= 15 is 0 Å². The van der Waals surface area contributed by atoms with E-state index < -0.39 is 0 Å². The van der Waals surface area contributed by atoms with Crippen molar-refractivity contribution in [2.24, 2.45) is 5.10 Å². The number of aromatic nitrogens is 1. The zero-order valence-electron chi connectivity index (χ0n) is 15.1. The number of hydrogen-bond donors (Lipinski definition) is 1. The third-order valence-electron chi connectivity index (χ3n) is 3.48. The van der Waals surface area contributed by atoms with Crippen LogP contribution in [0.4, 0.5) is 5.13 Å². The molecule has 0 amide bonds. The summed E-state index contributed by atoms with van der Waals surface area (Å²) in [5.74, 6) is 1.41. The molecule has 0 saturated heterocycles. The van der Waals surface area contributed by atoms with E-state index in [-0.39, 0.29) is 6.10 Å². The number of hydrogen-bond acceptors (Lipinski definition) is 7. The molecule has 1 N–H and O–H groups in total. The van der Waals surface area contributed by atoms with Gasteiger partial charge in [0.1, 0.15) is 0 Å². The van der Waals surface area contributed by atoms with Crippen LogP contribution in [-0.2, 0) is 0 Å². The number of thiophene rings is 1. The summed E-state index contributed by atoms with van der Waals surface area (Å²) in [7, 11) is 1.63. The second kappa shape index (κ2) is 8.33. The van der Waals surface area contributed by atoms with E-state index in [1.807, 2.05) is 38.1 Å². The Hall–Kier alpha value is -2.38. The minimum absolute atomic E-state index is 0.0933. The molecule has 5 nitrogen and oxygen atoms in total. The minimum Gasteiger partial charge on any atom is -0.493 e. The highest BCUT2D eigenvalue weighted by molar-refractivity contribution is 7.17. The van der Waals surface area contributed by atoms with Gasteiger partial charge in [-0.3, -0.25) is 5.43 Å². The number of nitrogens with zero attached hydrogens (tertiary/aromatic N) is 2. The molecular weight excluding hydrogens is 366 g/mol. The van der Waals surface area contributed by atoms with Crippen LogP contribution in [0, 0.1) is 6.92 Å². The lowest BCUT2D eigenvalue weighted by molar-refractivity contribution is 0.230. The average Bonchev–Trinajstić information content (AvgIpc) is 3.25. The predicted molar refractivity (Wildman–Crippen MR) is 110 cm³/mol. The van der Waals surface area contributed by atoms with Crippen LogP contribution >= 0.6 is 22.7 Å². The van der Waals surface area contributed by atoms with Crippen molar-refractivity contribution in [1.29, 1.82) is 0 Å². The summed E-state index contributed by atoms with van der Waals surface area (Å²) in [6.45, 7) is 6.04. The third-order valence-corrected chi connectivity index (χ3v) is 5.23. The van der Waals surface area contributed by atoms with Crippen molar-refractivity contribution in [2.75, 3.05) is 12.5 Å². The highest BCUT2D eigenvalue weighted by atomic mass is 32.1. The van der Waals surface area contributed by atoms with Gasteiger partial charge < -0.3 is 9.47 Å². The second-order valence-electron chi connectivity index (χ2n) is 5.85. The van der Waals surface area contributed by atoms with Gasteiger partial charge in [0.25, 0.3) is 0 Å². The normalized spacial score (nSPS) is 11.3. The van der Waals surface area contributed by atoms with E-state index in [0.717, 1.165) is 22.1 Å². The van der Waals surface area contributed by atoms with E-state index in [0.29, 0.717) is 5.75 Å². The fraction of sp³-hybridized carbons (Fsp3) is 0.263. The maximum atomic E-state index is 5.72. The van der Waals surface area contributed by atoms with Crippen LogP contribution in [-0.4, -0.2) is 24.4 Å². The number of anilines is 1. The molecule has 2 aromatic heterocycles. The molecule has 136 valence electrons. The Morgan fingerprint density at radius 2 is 2.08 bits per heavy atom. The maximum absolute atomic E-state index is 5.72. The maximum Gasteiger partial charge on any atom is 0.204 e. The van der Waals surface area contributed by atoms with Crippen molar-refractivity contribution < 1.29 is 9.47 Å². The molecule has 0 aliphatic heterocycles. The molecule has 0 saturated carbocycles. The third kappa shape index (κ3) is 4.42. The first-order valence-corrected chi connectivity index (χ1v) is 9.91. The molecular formula is C19H21N3O2S2. The molecule has 26 heavy (non-hydrogen) atoms. The van der Waals surface area contributed by atoms with Crippen LogP contribution in [0.3, 0.4) is 0 Å². The minimum atomic E-state index is 0.0933. The summed E-state index contributed by atoms with van der Waals surface area (Å²) < 4.78 is 11.1. The SMILES string of the molecule is COc1cc(/C=N\Nc2nc(-c3cccs3)c(C)s2)ccc1OC(C)C. The van der Waals surface area contributed by atoms with Gasteiger partial charge in [-0.1, -0.05) is 6.07 Å². The van der Waals surface area contributed by atoms with Crippen molar-refractivity contribution in [2.45, 2.75) is 26.9 Å². The number of rotatable bonds is 7. The number of aryl methyl sites for hydroxylation is 1. The Kier molecular flexibility index (Phi) is 5.90. The lowest BCUT2D eigenvalue weighted by Crippen LogP contribution is -2.06. The van der Waals surface area contributed by atoms with Crippen molar-refractivity contribution in [3.63, 3.8) is 0 Å². The van der Waals surface area contributed by atoms with Crippen LogP contribution in [0.15, 0.2) is 40.8 Å². The molecule has 0 spiro atoms. The molecule has 3 aromatic rings. The molecule has 3 rings (SSSR count). The Labute approximate surface area is 161 Å². The molecule has 0 fully saturated rings. The summed E-state index contributed by atoms with van der Waals surface area (Å²) >= 11 is 3.28. The predicted octanol–water partition coefficient (Wildman–Crippen LogP) is 5.42. The van der Waals surface area contributed by atoms with Gasteiger partial charge in [-0.15, -0.1) is 22.7 Å². The zero-order valence-corrected chi connectivity index (χ0v) is 16.8. The topological polar surface area (TPSA) is 55.7 Å².